The van der Waals surface area contributed by atoms with Gasteiger partial charge in [-0.1, -0.05) is 13.8 Å². The highest BCUT2D eigenvalue weighted by atomic mass is 16.4. The molecular weight excluding hydrogens is 274 g/mol. The first-order valence-corrected chi connectivity index (χ1v) is 6.96. The van der Waals surface area contributed by atoms with Crippen molar-refractivity contribution >= 4 is 11.9 Å². The van der Waals surface area contributed by atoms with E-state index in [0.717, 1.165) is 0 Å². The van der Waals surface area contributed by atoms with Crippen LogP contribution in [0.5, 0.6) is 0 Å². The number of nitrogens with one attached hydrogen (secondary N) is 1. The van der Waals surface area contributed by atoms with Crippen molar-refractivity contribution < 1.29 is 24.2 Å². The number of carbonyl (C=O) groups is 2. The Kier molecular flexibility index (Phi) is 5.96. The van der Waals surface area contributed by atoms with Crippen molar-refractivity contribution in [2.45, 2.75) is 51.6 Å². The molecule has 2 unspecified atom stereocenters. The maximum Gasteiger partial charge on any atom is 0.320 e. The van der Waals surface area contributed by atoms with E-state index >= 15 is 0 Å². The summed E-state index contributed by atoms with van der Waals surface area (Å²) in [7, 11) is 0. The second-order valence-electron chi connectivity index (χ2n) is 6.05. The van der Waals surface area contributed by atoms with Crippen LogP contribution in [0.25, 0.3) is 0 Å². The standard InChI is InChI=1S/C15H23NO5/c1-10(2)7-12(14(19)20)16-15(3,9-13(17)18)8-11-5-4-6-21-11/h4-6,10,12,16H,7-9H2,1-3H3,(H,17,18)(H,19,20). The van der Waals surface area contributed by atoms with Crippen LogP contribution in [0.2, 0.25) is 0 Å². The van der Waals surface area contributed by atoms with E-state index in [1.807, 2.05) is 13.8 Å². The average Bonchev–Trinajstić information content (AvgIpc) is 2.78. The van der Waals surface area contributed by atoms with Crippen molar-refractivity contribution in [3.8, 4) is 0 Å². The van der Waals surface area contributed by atoms with Gasteiger partial charge in [0.2, 0.25) is 0 Å². The van der Waals surface area contributed by atoms with Crippen molar-refractivity contribution in [3.05, 3.63) is 24.2 Å². The first-order chi connectivity index (χ1) is 9.72. The van der Waals surface area contributed by atoms with Gasteiger partial charge >= 0.3 is 11.9 Å². The van der Waals surface area contributed by atoms with Gasteiger partial charge in [-0.2, -0.15) is 0 Å². The zero-order valence-corrected chi connectivity index (χ0v) is 12.6. The molecule has 1 aromatic heterocycles. The lowest BCUT2D eigenvalue weighted by Crippen LogP contribution is -2.54. The topological polar surface area (TPSA) is 99.8 Å². The third-order valence-electron chi connectivity index (χ3n) is 3.21. The van der Waals surface area contributed by atoms with Gasteiger partial charge in [-0.15, -0.1) is 0 Å². The summed E-state index contributed by atoms with van der Waals surface area (Å²) in [4.78, 5) is 22.5. The van der Waals surface area contributed by atoms with Crippen molar-refractivity contribution in [1.29, 1.82) is 0 Å². The van der Waals surface area contributed by atoms with E-state index < -0.39 is 23.5 Å². The van der Waals surface area contributed by atoms with Crippen LogP contribution in [0, 0.1) is 5.92 Å². The van der Waals surface area contributed by atoms with E-state index in [1.54, 1.807) is 19.1 Å². The van der Waals surface area contributed by atoms with E-state index in [9.17, 15) is 14.7 Å². The van der Waals surface area contributed by atoms with Gasteiger partial charge in [0, 0.05) is 12.0 Å². The molecule has 1 heterocycles. The monoisotopic (exact) mass is 297 g/mol. The van der Waals surface area contributed by atoms with E-state index in [4.69, 9.17) is 9.52 Å². The van der Waals surface area contributed by atoms with Gasteiger partial charge in [0.25, 0.3) is 0 Å². The van der Waals surface area contributed by atoms with E-state index in [2.05, 4.69) is 5.32 Å². The fourth-order valence-electron chi connectivity index (χ4n) is 2.41. The minimum Gasteiger partial charge on any atom is -0.481 e. The lowest BCUT2D eigenvalue weighted by molar-refractivity contribution is -0.143. The number of hydrogen-bond acceptors (Lipinski definition) is 4. The maximum absolute atomic E-state index is 11.4. The number of aliphatic carboxylic acids is 2. The molecule has 0 saturated carbocycles. The normalized spacial score (nSPS) is 15.6. The van der Waals surface area contributed by atoms with Crippen LogP contribution in [0.4, 0.5) is 0 Å². The first kappa shape index (κ1) is 17.2. The highest BCUT2D eigenvalue weighted by Gasteiger charge is 2.34. The maximum atomic E-state index is 11.4. The predicted octanol–water partition coefficient (Wildman–Crippen LogP) is 2.14. The summed E-state index contributed by atoms with van der Waals surface area (Å²) in [5.41, 5.74) is -0.887. The minimum absolute atomic E-state index is 0.185. The molecule has 1 rings (SSSR count). The molecule has 0 aliphatic rings. The molecule has 0 aliphatic heterocycles. The minimum atomic E-state index is -0.981. The van der Waals surface area contributed by atoms with Crippen LogP contribution < -0.4 is 5.32 Å². The molecule has 6 heteroatoms. The predicted molar refractivity (Wildman–Crippen MR) is 77.1 cm³/mol. The Bertz CT molecular complexity index is 468. The summed E-state index contributed by atoms with van der Waals surface area (Å²) in [5.74, 6) is -1.14. The van der Waals surface area contributed by atoms with Crippen LogP contribution in [0.15, 0.2) is 22.8 Å². The number of hydrogen-bond donors (Lipinski definition) is 3. The molecule has 21 heavy (non-hydrogen) atoms. The Balaban J connectivity index is 2.89. The molecule has 6 nitrogen and oxygen atoms in total. The second-order valence-corrected chi connectivity index (χ2v) is 6.05. The molecule has 0 saturated heterocycles. The highest BCUT2D eigenvalue weighted by molar-refractivity contribution is 5.74. The molecule has 0 aromatic carbocycles. The van der Waals surface area contributed by atoms with E-state index in [-0.39, 0.29) is 12.3 Å². The summed E-state index contributed by atoms with van der Waals surface area (Å²) >= 11 is 0. The van der Waals surface area contributed by atoms with E-state index in [0.29, 0.717) is 18.6 Å². The molecule has 0 spiro atoms. The number of carboxylic acid groups (broad SMARTS) is 2. The summed E-state index contributed by atoms with van der Waals surface area (Å²) in [6.45, 7) is 5.57. The first-order valence-electron chi connectivity index (χ1n) is 6.96. The van der Waals surface area contributed by atoms with Gasteiger partial charge in [-0.25, -0.2) is 0 Å². The Morgan fingerprint density at radius 2 is 2.05 bits per heavy atom. The van der Waals surface area contributed by atoms with Gasteiger partial charge in [0.05, 0.1) is 12.7 Å². The molecular formula is C15H23NO5. The lowest BCUT2D eigenvalue weighted by Gasteiger charge is -2.32. The van der Waals surface area contributed by atoms with Gasteiger partial charge in [-0.05, 0) is 31.4 Å². The van der Waals surface area contributed by atoms with Gasteiger partial charge in [0.15, 0.2) is 0 Å². The summed E-state index contributed by atoms with van der Waals surface area (Å²) < 4.78 is 5.25. The van der Waals surface area contributed by atoms with Gasteiger partial charge < -0.3 is 14.6 Å². The molecule has 0 radical (unpaired) electrons. The van der Waals surface area contributed by atoms with Crippen LogP contribution >= 0.6 is 0 Å². The fraction of sp³-hybridized carbons (Fsp3) is 0.600. The third-order valence-corrected chi connectivity index (χ3v) is 3.21. The largest absolute Gasteiger partial charge is 0.481 e. The van der Waals surface area contributed by atoms with Crippen LogP contribution in [0.3, 0.4) is 0 Å². The molecule has 1 aromatic rings. The zero-order chi connectivity index (χ0) is 16.0. The highest BCUT2D eigenvalue weighted by Crippen LogP contribution is 2.20. The molecule has 2 atom stereocenters. The lowest BCUT2D eigenvalue weighted by atomic mass is 9.89. The molecule has 3 N–H and O–H groups in total. The van der Waals surface area contributed by atoms with Gasteiger partial charge in [-0.3, -0.25) is 14.9 Å². The zero-order valence-electron chi connectivity index (χ0n) is 12.6. The van der Waals surface area contributed by atoms with Crippen LogP contribution in [-0.4, -0.2) is 33.7 Å². The number of rotatable bonds is 9. The Labute approximate surface area is 124 Å². The van der Waals surface area contributed by atoms with Gasteiger partial charge in [0.1, 0.15) is 11.8 Å². The summed E-state index contributed by atoms with van der Waals surface area (Å²) in [6.07, 6.45) is 2.08. The quantitative estimate of drug-likeness (QED) is 0.646. The van der Waals surface area contributed by atoms with Crippen LogP contribution in [-0.2, 0) is 16.0 Å². The van der Waals surface area contributed by atoms with Crippen molar-refractivity contribution in [1.82, 2.24) is 5.32 Å². The van der Waals surface area contributed by atoms with E-state index in [1.165, 1.54) is 6.26 Å². The van der Waals surface area contributed by atoms with Crippen molar-refractivity contribution in [3.63, 3.8) is 0 Å². The Morgan fingerprint density at radius 3 is 2.48 bits per heavy atom. The number of furan rings is 1. The summed E-state index contributed by atoms with van der Waals surface area (Å²) in [5, 5.41) is 21.4. The molecule has 0 amide bonds. The van der Waals surface area contributed by atoms with Crippen molar-refractivity contribution in [2.24, 2.45) is 5.92 Å². The Morgan fingerprint density at radius 1 is 1.38 bits per heavy atom. The summed E-state index contributed by atoms with van der Waals surface area (Å²) in [6, 6.07) is 2.68. The molecule has 0 aliphatic carbocycles. The Hall–Kier alpha value is -1.82. The SMILES string of the molecule is CC(C)CC(NC(C)(CC(=O)O)Cc1ccco1)C(=O)O. The molecule has 0 fully saturated rings. The average molecular weight is 297 g/mol. The smallest absolute Gasteiger partial charge is 0.320 e. The number of carboxylic acids is 2. The molecule has 118 valence electrons. The third kappa shape index (κ3) is 5.99. The fourth-order valence-corrected chi connectivity index (χ4v) is 2.41. The molecule has 0 bridgehead atoms. The second kappa shape index (κ2) is 7.26. The van der Waals surface area contributed by atoms with Crippen LogP contribution in [0.1, 0.15) is 39.4 Å². The van der Waals surface area contributed by atoms with Crippen molar-refractivity contribution in [2.75, 3.05) is 0 Å².